The van der Waals surface area contributed by atoms with Crippen molar-refractivity contribution < 1.29 is 4.79 Å². The van der Waals surface area contributed by atoms with E-state index >= 15 is 0 Å². The summed E-state index contributed by atoms with van der Waals surface area (Å²) >= 11 is 5.98. The van der Waals surface area contributed by atoms with E-state index in [1.807, 2.05) is 27.7 Å². The molecule has 0 spiro atoms. The van der Waals surface area contributed by atoms with Crippen LogP contribution in [0.3, 0.4) is 0 Å². The number of carbonyl (C=O) groups is 1. The van der Waals surface area contributed by atoms with E-state index in [9.17, 15) is 4.79 Å². The number of halogens is 1. The van der Waals surface area contributed by atoms with E-state index in [0.29, 0.717) is 0 Å². The second-order valence-electron chi connectivity index (χ2n) is 4.52. The van der Waals surface area contributed by atoms with Gasteiger partial charge in [0.15, 0.2) is 0 Å². The van der Waals surface area contributed by atoms with E-state index in [1.54, 1.807) is 0 Å². The zero-order valence-electron chi connectivity index (χ0n) is 9.86. The van der Waals surface area contributed by atoms with E-state index in [2.05, 4.69) is 12.2 Å². The first-order valence-corrected chi connectivity index (χ1v) is 5.71. The largest absolute Gasteiger partial charge is 0.350 e. The SMILES string of the molecule is CCCC(C)C(=O)NC(C)(C)C(C)Cl. The Morgan fingerprint density at radius 3 is 2.29 bits per heavy atom. The Kier molecular flexibility index (Phi) is 5.50. The molecule has 0 aliphatic heterocycles. The molecule has 0 aromatic heterocycles. The molecule has 2 nitrogen and oxygen atoms in total. The summed E-state index contributed by atoms with van der Waals surface area (Å²) in [5, 5.41) is 2.90. The summed E-state index contributed by atoms with van der Waals surface area (Å²) in [6.45, 7) is 9.82. The third-order valence-electron chi connectivity index (χ3n) is 2.61. The van der Waals surface area contributed by atoms with Crippen LogP contribution < -0.4 is 5.32 Å². The Morgan fingerprint density at radius 1 is 1.43 bits per heavy atom. The zero-order chi connectivity index (χ0) is 11.4. The smallest absolute Gasteiger partial charge is 0.223 e. The average molecular weight is 220 g/mol. The molecule has 0 rings (SSSR count). The molecule has 0 aromatic rings. The minimum absolute atomic E-state index is 0.0692. The summed E-state index contributed by atoms with van der Waals surface area (Å²) in [5.74, 6) is 0.180. The highest BCUT2D eigenvalue weighted by Crippen LogP contribution is 2.16. The summed E-state index contributed by atoms with van der Waals surface area (Å²) in [6.07, 6.45) is 1.96. The lowest BCUT2D eigenvalue weighted by Gasteiger charge is -2.30. The number of nitrogens with one attached hydrogen (secondary N) is 1. The molecule has 0 aliphatic carbocycles. The van der Waals surface area contributed by atoms with Crippen molar-refractivity contribution in [1.82, 2.24) is 5.32 Å². The summed E-state index contributed by atoms with van der Waals surface area (Å²) < 4.78 is 0. The fourth-order valence-corrected chi connectivity index (χ4v) is 1.16. The Bertz CT molecular complexity index is 190. The molecule has 0 fully saturated rings. The lowest BCUT2D eigenvalue weighted by molar-refractivity contribution is -0.126. The van der Waals surface area contributed by atoms with Crippen molar-refractivity contribution in [3.8, 4) is 0 Å². The van der Waals surface area contributed by atoms with Crippen molar-refractivity contribution in [3.05, 3.63) is 0 Å². The quantitative estimate of drug-likeness (QED) is 0.708. The molecule has 14 heavy (non-hydrogen) atoms. The number of amides is 1. The van der Waals surface area contributed by atoms with E-state index < -0.39 is 0 Å². The molecule has 0 saturated heterocycles. The van der Waals surface area contributed by atoms with Gasteiger partial charge in [0.2, 0.25) is 5.91 Å². The van der Waals surface area contributed by atoms with Crippen molar-refractivity contribution in [2.75, 3.05) is 0 Å². The molecule has 1 amide bonds. The van der Waals surface area contributed by atoms with Gasteiger partial charge in [0.25, 0.3) is 0 Å². The van der Waals surface area contributed by atoms with Crippen molar-refractivity contribution in [2.24, 2.45) is 5.92 Å². The first-order valence-electron chi connectivity index (χ1n) is 5.27. The van der Waals surface area contributed by atoms with Gasteiger partial charge in [0.05, 0.1) is 10.9 Å². The third kappa shape index (κ3) is 4.32. The van der Waals surface area contributed by atoms with Crippen molar-refractivity contribution >= 4 is 17.5 Å². The summed E-state index contributed by atoms with van der Waals surface area (Å²) in [6, 6.07) is 0. The van der Waals surface area contributed by atoms with Gasteiger partial charge in [-0.1, -0.05) is 20.3 Å². The fourth-order valence-electron chi connectivity index (χ4n) is 1.10. The molecule has 0 aromatic carbocycles. The number of carbonyl (C=O) groups excluding carboxylic acids is 1. The topological polar surface area (TPSA) is 29.1 Å². The summed E-state index contributed by atoms with van der Waals surface area (Å²) in [7, 11) is 0. The zero-order valence-corrected chi connectivity index (χ0v) is 10.6. The van der Waals surface area contributed by atoms with Crippen LogP contribution in [0, 0.1) is 5.92 Å². The van der Waals surface area contributed by atoms with Gasteiger partial charge in [-0.25, -0.2) is 0 Å². The van der Waals surface area contributed by atoms with Crippen molar-refractivity contribution in [3.63, 3.8) is 0 Å². The monoisotopic (exact) mass is 219 g/mol. The maximum atomic E-state index is 11.7. The molecule has 2 atom stereocenters. The Morgan fingerprint density at radius 2 is 1.93 bits per heavy atom. The van der Waals surface area contributed by atoms with Crippen molar-refractivity contribution in [2.45, 2.75) is 58.4 Å². The lowest BCUT2D eigenvalue weighted by atomic mass is 9.98. The molecule has 0 radical (unpaired) electrons. The van der Waals surface area contributed by atoms with Crippen LogP contribution >= 0.6 is 11.6 Å². The van der Waals surface area contributed by atoms with Crippen LogP contribution in [-0.4, -0.2) is 16.8 Å². The first-order chi connectivity index (χ1) is 6.31. The lowest BCUT2D eigenvalue weighted by Crippen LogP contribution is -2.50. The van der Waals surface area contributed by atoms with Gasteiger partial charge in [-0.15, -0.1) is 11.6 Å². The van der Waals surface area contributed by atoms with Gasteiger partial charge in [0, 0.05) is 5.92 Å². The van der Waals surface area contributed by atoms with Crippen LogP contribution in [0.2, 0.25) is 0 Å². The van der Waals surface area contributed by atoms with Gasteiger partial charge >= 0.3 is 0 Å². The van der Waals surface area contributed by atoms with Gasteiger partial charge in [-0.05, 0) is 27.2 Å². The van der Waals surface area contributed by atoms with E-state index in [0.717, 1.165) is 12.8 Å². The highest BCUT2D eigenvalue weighted by atomic mass is 35.5. The predicted octanol–water partition coefficient (Wildman–Crippen LogP) is 2.94. The maximum absolute atomic E-state index is 11.7. The second-order valence-corrected chi connectivity index (χ2v) is 5.17. The number of hydrogen-bond donors (Lipinski definition) is 1. The number of hydrogen-bond acceptors (Lipinski definition) is 1. The van der Waals surface area contributed by atoms with Crippen LogP contribution in [-0.2, 0) is 4.79 Å². The molecule has 1 N–H and O–H groups in total. The van der Waals surface area contributed by atoms with E-state index in [1.165, 1.54) is 0 Å². The fraction of sp³-hybridized carbons (Fsp3) is 0.909. The minimum Gasteiger partial charge on any atom is -0.350 e. The van der Waals surface area contributed by atoms with Gasteiger partial charge in [-0.2, -0.15) is 0 Å². The molecular weight excluding hydrogens is 198 g/mol. The number of rotatable bonds is 5. The summed E-state index contributed by atoms with van der Waals surface area (Å²) in [4.78, 5) is 11.7. The maximum Gasteiger partial charge on any atom is 0.223 e. The molecular formula is C11H22ClNO. The van der Waals surface area contributed by atoms with Crippen LogP contribution in [0.4, 0.5) is 0 Å². The van der Waals surface area contributed by atoms with E-state index in [-0.39, 0.29) is 22.7 Å². The Labute approximate surface area is 92.4 Å². The van der Waals surface area contributed by atoms with E-state index in [4.69, 9.17) is 11.6 Å². The van der Waals surface area contributed by atoms with Crippen LogP contribution in [0.1, 0.15) is 47.5 Å². The molecule has 0 bridgehead atoms. The summed E-state index contributed by atoms with van der Waals surface area (Å²) in [5.41, 5.74) is -0.333. The van der Waals surface area contributed by atoms with Gasteiger partial charge in [-0.3, -0.25) is 4.79 Å². The molecule has 84 valence electrons. The van der Waals surface area contributed by atoms with Gasteiger partial charge in [0.1, 0.15) is 0 Å². The van der Waals surface area contributed by atoms with Crippen LogP contribution in [0.25, 0.3) is 0 Å². The predicted molar refractivity (Wildman–Crippen MR) is 61.6 cm³/mol. The third-order valence-corrected chi connectivity index (χ3v) is 3.15. The average Bonchev–Trinajstić information content (AvgIpc) is 2.03. The number of alkyl halides is 1. The first kappa shape index (κ1) is 13.8. The molecule has 0 saturated carbocycles. The highest BCUT2D eigenvalue weighted by molar-refractivity contribution is 6.21. The molecule has 0 aliphatic rings. The molecule has 3 heteroatoms. The second kappa shape index (κ2) is 5.59. The minimum atomic E-state index is -0.333. The molecule has 2 unspecified atom stereocenters. The van der Waals surface area contributed by atoms with Gasteiger partial charge < -0.3 is 5.32 Å². The van der Waals surface area contributed by atoms with Crippen molar-refractivity contribution in [1.29, 1.82) is 0 Å². The Hall–Kier alpha value is -0.240. The van der Waals surface area contributed by atoms with Crippen LogP contribution in [0.15, 0.2) is 0 Å². The van der Waals surface area contributed by atoms with Crippen LogP contribution in [0.5, 0.6) is 0 Å². The Balaban J connectivity index is 4.17. The standard InChI is InChI=1S/C11H22ClNO/c1-6-7-8(2)10(14)13-11(4,5)9(3)12/h8-9H,6-7H2,1-5H3,(H,13,14). The normalized spacial score (nSPS) is 16.1. The highest BCUT2D eigenvalue weighted by Gasteiger charge is 2.27. The molecule has 0 heterocycles.